The Labute approximate surface area is 59.3 Å². The van der Waals surface area contributed by atoms with Crippen molar-refractivity contribution in [3.05, 3.63) is 0 Å². The van der Waals surface area contributed by atoms with Gasteiger partial charge in [0.15, 0.2) is 0 Å². The van der Waals surface area contributed by atoms with Crippen molar-refractivity contribution in [3.63, 3.8) is 0 Å². The predicted octanol–water partition coefficient (Wildman–Crippen LogP) is -0.422. The van der Waals surface area contributed by atoms with Gasteiger partial charge in [-0.3, -0.25) is 0 Å². The molecule has 0 atom stereocenters. The van der Waals surface area contributed by atoms with Gasteiger partial charge in [0, 0.05) is 37.7 Å². The Kier molecular flexibility index (Phi) is 81.7. The standard InChI is InChI=1S/CO2.Ar.H3N/c2-1-3;;/h;;1H3. The van der Waals surface area contributed by atoms with Crippen LogP contribution in [0.25, 0.3) is 0 Å². The van der Waals surface area contributed by atoms with Crippen molar-refractivity contribution in [3.8, 4) is 0 Å². The molecule has 0 radical (unpaired) electrons. The Morgan fingerprint density at radius 1 is 1.20 bits per heavy atom. The Morgan fingerprint density at radius 2 is 1.20 bits per heavy atom. The van der Waals surface area contributed by atoms with Crippen molar-refractivity contribution < 1.29 is 47.3 Å². The molecule has 0 aromatic heterocycles. The van der Waals surface area contributed by atoms with Crippen LogP contribution in [0.4, 0.5) is 0 Å². The van der Waals surface area contributed by atoms with Gasteiger partial charge in [0.05, 0.1) is 0 Å². The third kappa shape index (κ3) is 86.4. The van der Waals surface area contributed by atoms with Gasteiger partial charge in [0.2, 0.25) is 0 Å². The van der Waals surface area contributed by atoms with Crippen LogP contribution in [-0.2, 0) is 9.59 Å². The normalized spacial score (nSPS) is 1.60. The SMILES string of the molecule is N.O=C=O.[Ar]. The monoisotopic (exact) mass is 101 g/mol. The molecule has 0 aliphatic heterocycles. The minimum atomic E-state index is 0. The second-order valence-corrected chi connectivity index (χ2v) is 0.0833. The van der Waals surface area contributed by atoms with Crippen LogP contribution in [0.2, 0.25) is 0 Å². The minimum absolute atomic E-state index is 0. The van der Waals surface area contributed by atoms with Gasteiger partial charge in [-0.05, 0) is 0 Å². The fourth-order valence-electron chi connectivity index (χ4n) is 0. The van der Waals surface area contributed by atoms with Crippen molar-refractivity contribution in [2.24, 2.45) is 0 Å². The molecule has 0 aromatic carbocycles. The van der Waals surface area contributed by atoms with E-state index in [9.17, 15) is 0 Å². The van der Waals surface area contributed by atoms with E-state index >= 15 is 0 Å². The molecule has 3 nitrogen and oxygen atoms in total. The zero-order valence-corrected chi connectivity index (χ0v) is 3.08. The van der Waals surface area contributed by atoms with E-state index in [4.69, 9.17) is 9.59 Å². The van der Waals surface area contributed by atoms with Crippen LogP contribution in [0.5, 0.6) is 0 Å². The van der Waals surface area contributed by atoms with Gasteiger partial charge in [-0.25, -0.2) is 0 Å². The summed E-state index contributed by atoms with van der Waals surface area (Å²) >= 11 is 0. The fourth-order valence-corrected chi connectivity index (χ4v) is 0. The maximum absolute atomic E-state index is 8.12. The molecule has 0 heterocycles. The number of carbonyl (C=O) groups excluding carboxylic acids is 2. The summed E-state index contributed by atoms with van der Waals surface area (Å²) in [6.45, 7) is 0. The van der Waals surface area contributed by atoms with Gasteiger partial charge >= 0.3 is 6.15 Å². The quantitative estimate of drug-likeness (QED) is 0.450. The first-order valence-electron chi connectivity index (χ1n) is 0.408. The van der Waals surface area contributed by atoms with Gasteiger partial charge in [0.1, 0.15) is 0 Å². The number of hydrogen-bond acceptors (Lipinski definition) is 3. The average molecular weight is 101 g/mol. The van der Waals surface area contributed by atoms with E-state index in [1.165, 1.54) is 0 Å². The summed E-state index contributed by atoms with van der Waals surface area (Å²) in [4.78, 5) is 16.2. The minimum Gasteiger partial charge on any atom is -0.344 e. The van der Waals surface area contributed by atoms with E-state index < -0.39 is 0 Å². The third-order valence-corrected chi connectivity index (χ3v) is 0. The Morgan fingerprint density at radius 3 is 1.20 bits per heavy atom. The van der Waals surface area contributed by atoms with Crippen molar-refractivity contribution in [2.75, 3.05) is 0 Å². The summed E-state index contributed by atoms with van der Waals surface area (Å²) in [6, 6.07) is 0. The molecule has 0 aliphatic rings. The zero-order valence-electron chi connectivity index (χ0n) is 2.38. The molecule has 0 saturated heterocycles. The molecule has 5 heavy (non-hydrogen) atoms. The molecule has 32 valence electrons. The van der Waals surface area contributed by atoms with E-state index in [2.05, 4.69) is 0 Å². The van der Waals surface area contributed by atoms with Crippen molar-refractivity contribution in [1.29, 1.82) is 0 Å². The predicted molar refractivity (Wildman–Crippen MR) is 10.0 cm³/mol. The van der Waals surface area contributed by atoms with Crippen LogP contribution in [-0.4, -0.2) is 6.15 Å². The zero-order chi connectivity index (χ0) is 2.71. The smallest absolute Gasteiger partial charge is 0.344 e. The summed E-state index contributed by atoms with van der Waals surface area (Å²) in [5.41, 5.74) is 0. The second-order valence-electron chi connectivity index (χ2n) is 0.0833. The van der Waals surface area contributed by atoms with Crippen molar-refractivity contribution in [2.45, 2.75) is 0 Å². The maximum Gasteiger partial charge on any atom is 0.373 e. The Bertz CT molecular complexity index is 30.6. The molecule has 3 N–H and O–H groups in total. The number of hydrogen-bond donors (Lipinski definition) is 1. The first-order chi connectivity index (χ1) is 1.41. The van der Waals surface area contributed by atoms with E-state index in [-0.39, 0.29) is 50.0 Å². The molecular formula is CH3ArNO2. The molecule has 0 saturated carbocycles. The van der Waals surface area contributed by atoms with E-state index in [0.717, 1.165) is 0 Å². The summed E-state index contributed by atoms with van der Waals surface area (Å²) in [5, 5.41) is 0. The molecule has 0 spiro atoms. The van der Waals surface area contributed by atoms with E-state index in [0.29, 0.717) is 0 Å². The fraction of sp³-hybridized carbons (Fsp3) is 0. The molecule has 0 unspecified atom stereocenters. The van der Waals surface area contributed by atoms with E-state index in [1.807, 2.05) is 0 Å². The molecule has 0 rings (SSSR count). The van der Waals surface area contributed by atoms with Crippen LogP contribution in [0.15, 0.2) is 0 Å². The third-order valence-electron chi connectivity index (χ3n) is 0. The van der Waals surface area contributed by atoms with E-state index in [1.54, 1.807) is 0 Å². The van der Waals surface area contributed by atoms with Crippen LogP contribution in [0.1, 0.15) is 0 Å². The first kappa shape index (κ1) is 17.5. The molecule has 0 fully saturated rings. The molecule has 0 aliphatic carbocycles. The van der Waals surface area contributed by atoms with Crippen LogP contribution in [0.3, 0.4) is 0 Å². The summed E-state index contributed by atoms with van der Waals surface area (Å²) in [6.07, 6.45) is 0.250. The van der Waals surface area contributed by atoms with Crippen LogP contribution in [0, 0.1) is 37.7 Å². The average Bonchev–Trinajstić information content (AvgIpc) is 0.918. The van der Waals surface area contributed by atoms with Gasteiger partial charge in [0.25, 0.3) is 0 Å². The summed E-state index contributed by atoms with van der Waals surface area (Å²) in [7, 11) is 0. The van der Waals surface area contributed by atoms with Gasteiger partial charge < -0.3 is 6.15 Å². The molecule has 0 amide bonds. The largest absolute Gasteiger partial charge is 0.373 e. The Balaban J connectivity index is -0.0000000200. The van der Waals surface area contributed by atoms with Crippen LogP contribution < -0.4 is 6.15 Å². The first-order valence-corrected chi connectivity index (χ1v) is 0.408. The number of rotatable bonds is 0. The topological polar surface area (TPSA) is 69.1 Å². The summed E-state index contributed by atoms with van der Waals surface area (Å²) in [5.74, 6) is 0. The van der Waals surface area contributed by atoms with Gasteiger partial charge in [-0.2, -0.15) is 9.59 Å². The molecule has 0 aromatic rings. The maximum atomic E-state index is 8.12. The molecular weight excluding hydrogens is 98.0 g/mol. The van der Waals surface area contributed by atoms with Crippen LogP contribution >= 0.6 is 0 Å². The summed E-state index contributed by atoms with van der Waals surface area (Å²) < 4.78 is 0. The van der Waals surface area contributed by atoms with Crippen molar-refractivity contribution in [1.82, 2.24) is 6.15 Å². The molecule has 0 bridgehead atoms. The molecule has 4 heteroatoms. The van der Waals surface area contributed by atoms with Gasteiger partial charge in [-0.15, -0.1) is 0 Å². The van der Waals surface area contributed by atoms with Gasteiger partial charge in [-0.1, -0.05) is 0 Å². The van der Waals surface area contributed by atoms with Crippen molar-refractivity contribution >= 4 is 6.15 Å². The second kappa shape index (κ2) is 23.3. The Hall–Kier alpha value is 0.600.